The highest BCUT2D eigenvalue weighted by Crippen LogP contribution is 2.22. The van der Waals surface area contributed by atoms with Gasteiger partial charge in [0.1, 0.15) is 5.82 Å². The Kier molecular flexibility index (Phi) is 4.34. The summed E-state index contributed by atoms with van der Waals surface area (Å²) in [5, 5.41) is 9.55. The van der Waals surface area contributed by atoms with Gasteiger partial charge in [-0.15, -0.1) is 0 Å². The molecule has 2 heterocycles. The van der Waals surface area contributed by atoms with Crippen LogP contribution in [0.2, 0.25) is 0 Å². The summed E-state index contributed by atoms with van der Waals surface area (Å²) >= 11 is 0. The van der Waals surface area contributed by atoms with Gasteiger partial charge in [-0.25, -0.2) is 10.8 Å². The van der Waals surface area contributed by atoms with Crippen molar-refractivity contribution in [2.45, 2.75) is 25.9 Å². The number of pyridine rings is 1. The molecule has 0 saturated carbocycles. The molecule has 0 aliphatic carbocycles. The summed E-state index contributed by atoms with van der Waals surface area (Å²) in [6.07, 6.45) is 2.95. The molecule has 0 bridgehead atoms. The van der Waals surface area contributed by atoms with E-state index in [0.717, 1.165) is 12.8 Å². The lowest BCUT2D eigenvalue weighted by Crippen LogP contribution is -2.40. The fourth-order valence-electron chi connectivity index (χ4n) is 2.41. The first-order valence-corrected chi connectivity index (χ1v) is 6.52. The number of nitrogens with two attached hydrogens (primary N) is 1. The summed E-state index contributed by atoms with van der Waals surface area (Å²) in [6, 6.07) is 3.33. The van der Waals surface area contributed by atoms with Crippen LogP contribution in [0.15, 0.2) is 18.3 Å². The molecule has 1 amide bonds. The van der Waals surface area contributed by atoms with Crippen LogP contribution in [0.25, 0.3) is 0 Å². The number of amides is 1. The molecule has 1 aliphatic heterocycles. The number of aliphatic hydroxyl groups is 1. The number of piperidine rings is 1. The van der Waals surface area contributed by atoms with Gasteiger partial charge in [-0.1, -0.05) is 0 Å². The van der Waals surface area contributed by atoms with Crippen LogP contribution >= 0.6 is 0 Å². The Morgan fingerprint density at radius 3 is 2.84 bits per heavy atom. The van der Waals surface area contributed by atoms with Crippen molar-refractivity contribution in [3.8, 4) is 0 Å². The molecule has 0 aromatic carbocycles. The number of aliphatic hydroxyl groups excluding tert-OH is 1. The van der Waals surface area contributed by atoms with Crippen molar-refractivity contribution in [1.29, 1.82) is 0 Å². The maximum Gasteiger partial charge on any atom is 0.254 e. The van der Waals surface area contributed by atoms with Gasteiger partial charge in [0.05, 0.1) is 6.10 Å². The van der Waals surface area contributed by atoms with Crippen molar-refractivity contribution in [3.05, 3.63) is 23.9 Å². The minimum atomic E-state index is -0.300. The van der Waals surface area contributed by atoms with Gasteiger partial charge in [0.25, 0.3) is 5.91 Å². The van der Waals surface area contributed by atoms with Gasteiger partial charge in [0, 0.05) is 24.8 Å². The van der Waals surface area contributed by atoms with Crippen LogP contribution in [0, 0.1) is 5.92 Å². The standard InChI is InChI=1S/C13H20N4O2/c1-9(18)10-3-6-17(7-4-10)13(19)11-2-5-15-12(8-11)16-14/h2,5,8-10,18H,3-4,6-7,14H2,1H3,(H,15,16). The Morgan fingerprint density at radius 1 is 1.58 bits per heavy atom. The molecule has 4 N–H and O–H groups in total. The van der Waals surface area contributed by atoms with E-state index in [1.54, 1.807) is 18.3 Å². The normalized spacial score (nSPS) is 18.2. The van der Waals surface area contributed by atoms with Crippen LogP contribution in [0.5, 0.6) is 0 Å². The smallest absolute Gasteiger partial charge is 0.254 e. The Balaban J connectivity index is 2.01. The number of carbonyl (C=O) groups excluding carboxylic acids is 1. The quantitative estimate of drug-likeness (QED) is 0.549. The van der Waals surface area contributed by atoms with Crippen molar-refractivity contribution >= 4 is 11.7 Å². The van der Waals surface area contributed by atoms with Crippen molar-refractivity contribution in [2.24, 2.45) is 11.8 Å². The molecular formula is C13H20N4O2. The first kappa shape index (κ1) is 13.8. The molecule has 1 aliphatic rings. The third-order valence-electron chi connectivity index (χ3n) is 3.66. The largest absolute Gasteiger partial charge is 0.393 e. The Bertz CT molecular complexity index is 442. The zero-order chi connectivity index (χ0) is 13.8. The molecule has 1 fully saturated rings. The van der Waals surface area contributed by atoms with Gasteiger partial charge in [0.2, 0.25) is 0 Å². The fraction of sp³-hybridized carbons (Fsp3) is 0.538. The lowest BCUT2D eigenvalue weighted by molar-refractivity contribution is 0.0521. The van der Waals surface area contributed by atoms with E-state index >= 15 is 0 Å². The van der Waals surface area contributed by atoms with Gasteiger partial charge in [-0.05, 0) is 37.8 Å². The summed E-state index contributed by atoms with van der Waals surface area (Å²) in [5.74, 6) is 6.04. The minimum absolute atomic E-state index is 0.0112. The highest BCUT2D eigenvalue weighted by molar-refractivity contribution is 5.94. The van der Waals surface area contributed by atoms with E-state index in [0.29, 0.717) is 30.4 Å². The maximum absolute atomic E-state index is 12.3. The topological polar surface area (TPSA) is 91.5 Å². The van der Waals surface area contributed by atoms with Gasteiger partial charge in [0.15, 0.2) is 0 Å². The number of hydrazine groups is 1. The van der Waals surface area contributed by atoms with E-state index in [1.165, 1.54) is 0 Å². The molecule has 1 aromatic rings. The number of hydrogen-bond acceptors (Lipinski definition) is 5. The first-order chi connectivity index (χ1) is 9.11. The molecule has 6 nitrogen and oxygen atoms in total. The summed E-state index contributed by atoms with van der Waals surface area (Å²) in [6.45, 7) is 3.18. The molecule has 0 radical (unpaired) electrons. The number of hydrogen-bond donors (Lipinski definition) is 3. The summed E-state index contributed by atoms with van der Waals surface area (Å²) in [4.78, 5) is 18.1. The van der Waals surface area contributed by atoms with Crippen LogP contribution in [-0.2, 0) is 0 Å². The molecule has 1 unspecified atom stereocenters. The van der Waals surface area contributed by atoms with E-state index in [1.807, 2.05) is 11.8 Å². The minimum Gasteiger partial charge on any atom is -0.393 e. The highest BCUT2D eigenvalue weighted by atomic mass is 16.3. The third-order valence-corrected chi connectivity index (χ3v) is 3.66. The number of nitrogen functional groups attached to an aromatic ring is 1. The molecule has 2 rings (SSSR count). The van der Waals surface area contributed by atoms with Gasteiger partial charge in [-0.3, -0.25) is 4.79 Å². The molecule has 1 aromatic heterocycles. The first-order valence-electron chi connectivity index (χ1n) is 6.52. The zero-order valence-corrected chi connectivity index (χ0v) is 11.0. The Morgan fingerprint density at radius 2 is 2.26 bits per heavy atom. The van der Waals surface area contributed by atoms with Crippen molar-refractivity contribution in [3.63, 3.8) is 0 Å². The van der Waals surface area contributed by atoms with Crippen LogP contribution < -0.4 is 11.3 Å². The number of carbonyl (C=O) groups is 1. The number of nitrogens with zero attached hydrogens (tertiary/aromatic N) is 2. The highest BCUT2D eigenvalue weighted by Gasteiger charge is 2.26. The Hall–Kier alpha value is -1.66. The van der Waals surface area contributed by atoms with Crippen LogP contribution in [0.3, 0.4) is 0 Å². The number of rotatable bonds is 3. The molecule has 1 atom stereocenters. The number of anilines is 1. The van der Waals surface area contributed by atoms with Crippen LogP contribution in [0.1, 0.15) is 30.1 Å². The van der Waals surface area contributed by atoms with Gasteiger partial charge in [-0.2, -0.15) is 0 Å². The molecule has 6 heteroatoms. The van der Waals surface area contributed by atoms with E-state index in [2.05, 4.69) is 10.4 Å². The maximum atomic E-state index is 12.3. The van der Waals surface area contributed by atoms with Crippen molar-refractivity contribution < 1.29 is 9.90 Å². The lowest BCUT2D eigenvalue weighted by Gasteiger charge is -2.33. The average molecular weight is 264 g/mol. The van der Waals surface area contributed by atoms with E-state index in [9.17, 15) is 9.90 Å². The number of nitrogens with one attached hydrogen (secondary N) is 1. The van der Waals surface area contributed by atoms with Gasteiger partial charge >= 0.3 is 0 Å². The van der Waals surface area contributed by atoms with Gasteiger partial charge < -0.3 is 15.4 Å². The predicted octanol–water partition coefficient (Wildman–Crippen LogP) is 0.600. The SMILES string of the molecule is CC(O)C1CCN(C(=O)c2ccnc(NN)c2)CC1. The second kappa shape index (κ2) is 5.99. The molecule has 0 spiro atoms. The van der Waals surface area contributed by atoms with E-state index < -0.39 is 0 Å². The van der Waals surface area contributed by atoms with E-state index in [-0.39, 0.29) is 12.0 Å². The fourth-order valence-corrected chi connectivity index (χ4v) is 2.41. The van der Waals surface area contributed by atoms with Crippen LogP contribution in [0.4, 0.5) is 5.82 Å². The number of aromatic nitrogens is 1. The van der Waals surface area contributed by atoms with E-state index in [4.69, 9.17) is 5.84 Å². The second-order valence-electron chi connectivity index (χ2n) is 4.94. The summed E-state index contributed by atoms with van der Waals surface area (Å²) in [5.41, 5.74) is 3.01. The van der Waals surface area contributed by atoms with Crippen molar-refractivity contribution in [2.75, 3.05) is 18.5 Å². The second-order valence-corrected chi connectivity index (χ2v) is 4.94. The molecule has 104 valence electrons. The molecule has 1 saturated heterocycles. The van der Waals surface area contributed by atoms with Crippen molar-refractivity contribution in [1.82, 2.24) is 9.88 Å². The average Bonchev–Trinajstić information content (AvgIpc) is 2.46. The molecule has 19 heavy (non-hydrogen) atoms. The Labute approximate surface area is 112 Å². The zero-order valence-electron chi connectivity index (χ0n) is 11.0. The predicted molar refractivity (Wildman–Crippen MR) is 72.4 cm³/mol. The summed E-state index contributed by atoms with van der Waals surface area (Å²) < 4.78 is 0. The molecular weight excluding hydrogens is 244 g/mol. The third kappa shape index (κ3) is 3.21. The summed E-state index contributed by atoms with van der Waals surface area (Å²) in [7, 11) is 0. The lowest BCUT2D eigenvalue weighted by atomic mass is 9.92. The van der Waals surface area contributed by atoms with Crippen LogP contribution in [-0.4, -0.2) is 40.1 Å². The number of likely N-dealkylation sites (tertiary alicyclic amines) is 1. The monoisotopic (exact) mass is 264 g/mol.